The molecule has 6 nitrogen and oxygen atoms in total. The van der Waals surface area contributed by atoms with Gasteiger partial charge in [-0.05, 0) is 111 Å². The van der Waals surface area contributed by atoms with Gasteiger partial charge in [0.2, 0.25) is 5.91 Å². The summed E-state index contributed by atoms with van der Waals surface area (Å²) in [6.07, 6.45) is -8.40. The molecule has 0 spiro atoms. The topological polar surface area (TPSA) is 95.9 Å². The lowest BCUT2D eigenvalue weighted by Gasteiger charge is -2.62. The van der Waals surface area contributed by atoms with Crippen molar-refractivity contribution in [3.63, 3.8) is 0 Å². The first-order chi connectivity index (χ1) is 18.7. The predicted molar refractivity (Wildman–Crippen MR) is 131 cm³/mol. The van der Waals surface area contributed by atoms with E-state index in [4.69, 9.17) is 14.3 Å². The Morgan fingerprint density at radius 1 is 1.21 bits per heavy atom. The molecule has 10 atom stereocenters. The van der Waals surface area contributed by atoms with Crippen molar-refractivity contribution >= 4 is 11.9 Å². The molecule has 0 aromatic rings. The summed E-state index contributed by atoms with van der Waals surface area (Å²) < 4.78 is 65.0. The Labute approximate surface area is 215 Å². The lowest BCUT2D eigenvalue weighted by atomic mass is 9.43. The summed E-state index contributed by atoms with van der Waals surface area (Å²) >= 11 is 0. The molecule has 34 heavy (non-hydrogen) atoms. The van der Waals surface area contributed by atoms with Crippen LogP contribution >= 0.6 is 0 Å². The molecule has 0 bridgehead atoms. The van der Waals surface area contributed by atoms with Gasteiger partial charge in [0.15, 0.2) is 0 Å². The predicted octanol–water partition coefficient (Wildman–Crippen LogP) is 4.07. The second kappa shape index (κ2) is 10.1. The Morgan fingerprint density at radius 3 is 2.68 bits per heavy atom. The first-order valence-corrected chi connectivity index (χ1v) is 13.0. The zero-order valence-electron chi connectivity index (χ0n) is 28.0. The average molecular weight is 485 g/mol. The molecule has 6 heteroatoms. The fraction of sp³-hybridized carbons (Fsp3) is 0.929. The van der Waals surface area contributed by atoms with Gasteiger partial charge in [-0.1, -0.05) is 20.8 Å². The van der Waals surface area contributed by atoms with Gasteiger partial charge in [0.05, 0.1) is 20.2 Å². The third-order valence-electron chi connectivity index (χ3n) is 9.84. The van der Waals surface area contributed by atoms with Gasteiger partial charge in [0, 0.05) is 14.6 Å². The standard InChI is InChI=1S/C28H47NO5/c1-5-34-25(33)16-29-24(32)9-6-17(2)20-7-8-21-26-22(11-13-28(20,21)4)27(3)12-10-19(30)14-18(27)15-23(26)31/h17-23,26,30-31H,5-16H2,1-4H3,(H,29,32)/t17-,18+,19-,20-,21+,22+,23-,26+,27+,28-/m1/s1/i6D2,10D2,14D2,19D. The molecule has 1 amide bonds. The first kappa shape index (κ1) is 18.2. The van der Waals surface area contributed by atoms with Gasteiger partial charge in [-0.3, -0.25) is 9.59 Å². The molecule has 3 N–H and O–H groups in total. The fourth-order valence-corrected chi connectivity index (χ4v) is 8.10. The van der Waals surface area contributed by atoms with Crippen LogP contribution in [0.15, 0.2) is 0 Å². The summed E-state index contributed by atoms with van der Waals surface area (Å²) in [5.74, 6) is -2.97. The van der Waals surface area contributed by atoms with Crippen molar-refractivity contribution in [3.05, 3.63) is 0 Å². The molecule has 4 saturated carbocycles. The maximum absolute atomic E-state index is 12.5. The van der Waals surface area contributed by atoms with Gasteiger partial charge in [-0.25, -0.2) is 0 Å². The van der Waals surface area contributed by atoms with Crippen molar-refractivity contribution in [2.75, 3.05) is 13.2 Å². The number of amides is 1. The molecule has 194 valence electrons. The van der Waals surface area contributed by atoms with Crippen molar-refractivity contribution in [2.24, 2.45) is 46.3 Å². The summed E-state index contributed by atoms with van der Waals surface area (Å²) in [5.41, 5.74) is -1.19. The maximum atomic E-state index is 12.5. The molecule has 4 aliphatic rings. The van der Waals surface area contributed by atoms with Crippen molar-refractivity contribution in [3.8, 4) is 0 Å². The molecular formula is C28H47NO5. The molecule has 0 aromatic carbocycles. The molecular weight excluding hydrogens is 430 g/mol. The molecule has 4 fully saturated rings. The third-order valence-corrected chi connectivity index (χ3v) is 9.84. The van der Waals surface area contributed by atoms with E-state index in [1.807, 2.05) is 13.8 Å². The van der Waals surface area contributed by atoms with Gasteiger partial charge >= 0.3 is 5.97 Å². The number of fused-ring (bicyclic) bond motifs is 5. The summed E-state index contributed by atoms with van der Waals surface area (Å²) in [5, 5.41) is 24.7. The normalized spacial score (nSPS) is 52.9. The second-order valence-electron chi connectivity index (χ2n) is 11.5. The number of aliphatic hydroxyl groups is 2. The summed E-state index contributed by atoms with van der Waals surface area (Å²) in [6, 6.07) is 0. The number of ether oxygens (including phenoxy) is 1. The van der Waals surface area contributed by atoms with Gasteiger partial charge in [-0.2, -0.15) is 0 Å². The van der Waals surface area contributed by atoms with E-state index in [0.29, 0.717) is 12.8 Å². The number of esters is 1. The first-order valence-electron chi connectivity index (χ1n) is 16.5. The third kappa shape index (κ3) is 4.66. The van der Waals surface area contributed by atoms with E-state index < -0.39 is 60.4 Å². The minimum atomic E-state index is -2.93. The number of carbonyl (C=O) groups is 2. The highest BCUT2D eigenvalue weighted by Crippen LogP contribution is 2.68. The fourth-order valence-electron chi connectivity index (χ4n) is 8.10. The lowest BCUT2D eigenvalue weighted by molar-refractivity contribution is -0.174. The van der Waals surface area contributed by atoms with Crippen molar-refractivity contribution in [1.29, 1.82) is 0 Å². The van der Waals surface area contributed by atoms with E-state index >= 15 is 0 Å². The SMILES string of the molecule is [2H]C([2H])(CC(=O)NCC(=O)OCC)[C@@H](C)[C@H]1CC[C@H]2[C@@H]3[C@H](O)C[C@@H]4C([2H])([2H])[C@]([2H])(O)C([2H])([2H])C[C@]4(C)[C@H]3CC[C@]12C. The van der Waals surface area contributed by atoms with Crippen LogP contribution < -0.4 is 5.32 Å². The van der Waals surface area contributed by atoms with Gasteiger partial charge < -0.3 is 20.3 Å². The monoisotopic (exact) mass is 484 g/mol. The second-order valence-corrected chi connectivity index (χ2v) is 11.5. The van der Waals surface area contributed by atoms with Crippen LogP contribution in [0.5, 0.6) is 0 Å². The van der Waals surface area contributed by atoms with Gasteiger partial charge in [0.1, 0.15) is 6.54 Å². The van der Waals surface area contributed by atoms with Crippen LogP contribution in [0, 0.1) is 46.3 Å². The zero-order chi connectivity index (χ0) is 31.0. The van der Waals surface area contributed by atoms with Crippen molar-refractivity contribution < 1.29 is 34.1 Å². The molecule has 0 radical (unpaired) electrons. The molecule has 0 aliphatic heterocycles. The molecule has 4 aliphatic carbocycles. The minimum Gasteiger partial charge on any atom is -0.465 e. The van der Waals surface area contributed by atoms with E-state index in [9.17, 15) is 19.8 Å². The van der Waals surface area contributed by atoms with Gasteiger partial charge in [0.25, 0.3) is 0 Å². The summed E-state index contributed by atoms with van der Waals surface area (Å²) in [7, 11) is 0. The number of carbonyl (C=O) groups excluding carboxylic acids is 2. The number of aliphatic hydroxyl groups excluding tert-OH is 1. The molecule has 0 unspecified atom stereocenters. The van der Waals surface area contributed by atoms with Crippen molar-refractivity contribution in [1.82, 2.24) is 5.32 Å². The number of rotatable bonds is 7. The van der Waals surface area contributed by atoms with Crippen molar-refractivity contribution in [2.45, 2.75) is 104 Å². The quantitative estimate of drug-likeness (QED) is 0.473. The smallest absolute Gasteiger partial charge is 0.325 e. The summed E-state index contributed by atoms with van der Waals surface area (Å²) in [4.78, 5) is 24.1. The van der Waals surface area contributed by atoms with E-state index in [1.54, 1.807) is 6.92 Å². The molecule has 0 heterocycles. The van der Waals surface area contributed by atoms with E-state index in [0.717, 1.165) is 12.8 Å². The Morgan fingerprint density at radius 2 is 1.94 bits per heavy atom. The number of hydrogen-bond donors (Lipinski definition) is 3. The van der Waals surface area contributed by atoms with E-state index in [2.05, 4.69) is 12.2 Å². The van der Waals surface area contributed by atoms with E-state index in [-0.39, 0.29) is 61.5 Å². The van der Waals surface area contributed by atoms with Crippen LogP contribution in [0.2, 0.25) is 0 Å². The van der Waals surface area contributed by atoms with Crippen LogP contribution in [0.3, 0.4) is 0 Å². The minimum absolute atomic E-state index is 0.0171. The zero-order valence-corrected chi connectivity index (χ0v) is 21.0. The highest BCUT2D eigenvalue weighted by Gasteiger charge is 2.62. The Balaban J connectivity index is 1.54. The van der Waals surface area contributed by atoms with Crippen LogP contribution in [-0.2, 0) is 14.3 Å². The maximum Gasteiger partial charge on any atom is 0.325 e. The van der Waals surface area contributed by atoms with Gasteiger partial charge in [-0.15, -0.1) is 0 Å². The number of hydrogen-bond acceptors (Lipinski definition) is 5. The lowest BCUT2D eigenvalue weighted by Crippen LogP contribution is -2.58. The largest absolute Gasteiger partial charge is 0.465 e. The Kier molecular flexibility index (Phi) is 5.38. The summed E-state index contributed by atoms with van der Waals surface area (Å²) in [6.45, 7) is 7.39. The Hall–Kier alpha value is -1.14. The molecule has 0 aromatic heterocycles. The van der Waals surface area contributed by atoms with Crippen LogP contribution in [0.1, 0.15) is 101 Å². The highest BCUT2D eigenvalue weighted by atomic mass is 16.5. The Bertz CT molecular complexity index is 1040. The highest BCUT2D eigenvalue weighted by molar-refractivity contribution is 5.81. The van der Waals surface area contributed by atoms with Crippen LogP contribution in [0.25, 0.3) is 0 Å². The van der Waals surface area contributed by atoms with E-state index in [1.165, 1.54) is 0 Å². The average Bonchev–Trinajstić information content (AvgIpc) is 3.19. The van der Waals surface area contributed by atoms with Crippen LogP contribution in [-0.4, -0.2) is 47.4 Å². The number of nitrogens with one attached hydrogen (secondary N) is 1. The molecule has 4 rings (SSSR count). The molecule has 0 saturated heterocycles. The van der Waals surface area contributed by atoms with Crippen LogP contribution in [0.4, 0.5) is 0 Å².